The molecule has 0 aliphatic carbocycles. The van der Waals surface area contributed by atoms with Gasteiger partial charge in [-0.15, -0.1) is 0 Å². The fraction of sp³-hybridized carbons (Fsp3) is 0.600. The summed E-state index contributed by atoms with van der Waals surface area (Å²) in [5.74, 6) is 0. The molecule has 0 bridgehead atoms. The van der Waals surface area contributed by atoms with Crippen molar-refractivity contribution in [1.29, 1.82) is 0 Å². The third kappa shape index (κ3) is 2.70. The summed E-state index contributed by atoms with van der Waals surface area (Å²) in [4.78, 5) is 0. The topological polar surface area (TPSA) is 21.3 Å². The summed E-state index contributed by atoms with van der Waals surface area (Å²) in [7, 11) is 0. The highest BCUT2D eigenvalue weighted by atomic mass is 16.5. The third-order valence-corrected chi connectivity index (χ3v) is 3.87. The highest BCUT2D eigenvalue weighted by molar-refractivity contribution is 5.25. The van der Waals surface area contributed by atoms with Crippen molar-refractivity contribution >= 4 is 0 Å². The van der Waals surface area contributed by atoms with Crippen molar-refractivity contribution in [2.75, 3.05) is 13.1 Å². The van der Waals surface area contributed by atoms with Gasteiger partial charge >= 0.3 is 0 Å². The van der Waals surface area contributed by atoms with Crippen LogP contribution in [0.4, 0.5) is 0 Å². The fourth-order valence-corrected chi connectivity index (χ4v) is 2.54. The maximum absolute atomic E-state index is 6.35. The lowest BCUT2D eigenvalue weighted by atomic mass is 9.93. The first-order valence-electron chi connectivity index (χ1n) is 6.64. The molecule has 1 fully saturated rings. The Hall–Kier alpha value is -0.860. The Labute approximate surface area is 104 Å². The van der Waals surface area contributed by atoms with Gasteiger partial charge in [0.2, 0.25) is 0 Å². The molecule has 0 saturated carbocycles. The molecule has 0 spiro atoms. The first kappa shape index (κ1) is 12.6. The van der Waals surface area contributed by atoms with Crippen LogP contribution in [-0.4, -0.2) is 18.7 Å². The Bertz CT molecular complexity index is 371. The quantitative estimate of drug-likeness (QED) is 0.865. The van der Waals surface area contributed by atoms with E-state index in [4.69, 9.17) is 4.74 Å². The van der Waals surface area contributed by atoms with Gasteiger partial charge in [-0.1, -0.05) is 43.7 Å². The van der Waals surface area contributed by atoms with Crippen LogP contribution in [-0.2, 0) is 4.74 Å². The van der Waals surface area contributed by atoms with Gasteiger partial charge in [0.25, 0.3) is 0 Å². The number of hydrogen-bond donors (Lipinski definition) is 1. The summed E-state index contributed by atoms with van der Waals surface area (Å²) in [6, 6.07) is 8.64. The lowest BCUT2D eigenvalue weighted by molar-refractivity contribution is -0.122. The van der Waals surface area contributed by atoms with Crippen LogP contribution in [0.2, 0.25) is 0 Å². The van der Waals surface area contributed by atoms with E-state index in [1.165, 1.54) is 11.1 Å². The number of nitrogens with one attached hydrogen (secondary N) is 1. The molecule has 1 aliphatic heterocycles. The van der Waals surface area contributed by atoms with Crippen molar-refractivity contribution in [2.45, 2.75) is 45.3 Å². The Kier molecular flexibility index (Phi) is 3.85. The van der Waals surface area contributed by atoms with E-state index in [-0.39, 0.29) is 11.7 Å². The minimum Gasteiger partial charge on any atom is -0.364 e. The summed E-state index contributed by atoms with van der Waals surface area (Å²) in [6.07, 6.45) is 2.33. The standard InChI is InChI=1S/C15H23NO/c1-4-15(5-2)11-16-10-14(17-15)13-8-6-7-12(3)9-13/h6-9,14,16H,4-5,10-11H2,1-3H3. The van der Waals surface area contributed by atoms with Gasteiger partial charge in [-0.3, -0.25) is 0 Å². The lowest BCUT2D eigenvalue weighted by Gasteiger charge is -2.41. The zero-order chi connectivity index (χ0) is 12.3. The van der Waals surface area contributed by atoms with Gasteiger partial charge < -0.3 is 10.1 Å². The van der Waals surface area contributed by atoms with Crippen molar-refractivity contribution in [3.63, 3.8) is 0 Å². The number of morpholine rings is 1. The molecule has 1 aromatic rings. The molecule has 17 heavy (non-hydrogen) atoms. The van der Waals surface area contributed by atoms with E-state index in [0.29, 0.717) is 0 Å². The number of ether oxygens (including phenoxy) is 1. The van der Waals surface area contributed by atoms with Crippen molar-refractivity contribution in [3.8, 4) is 0 Å². The Morgan fingerprint density at radius 2 is 2.12 bits per heavy atom. The lowest BCUT2D eigenvalue weighted by Crippen LogP contribution is -2.50. The van der Waals surface area contributed by atoms with E-state index in [2.05, 4.69) is 50.4 Å². The first-order valence-corrected chi connectivity index (χ1v) is 6.64. The van der Waals surface area contributed by atoms with Gasteiger partial charge in [0.1, 0.15) is 0 Å². The predicted octanol–water partition coefficient (Wildman–Crippen LogP) is 3.21. The molecule has 1 atom stereocenters. The molecule has 0 amide bonds. The van der Waals surface area contributed by atoms with Crippen molar-refractivity contribution in [2.24, 2.45) is 0 Å². The molecular weight excluding hydrogens is 210 g/mol. The molecule has 1 aromatic carbocycles. The summed E-state index contributed by atoms with van der Waals surface area (Å²) >= 11 is 0. The van der Waals surface area contributed by atoms with Crippen molar-refractivity contribution in [3.05, 3.63) is 35.4 Å². The summed E-state index contributed by atoms with van der Waals surface area (Å²) in [6.45, 7) is 8.45. The van der Waals surface area contributed by atoms with Crippen LogP contribution in [0.1, 0.15) is 43.9 Å². The van der Waals surface area contributed by atoms with Crippen molar-refractivity contribution < 1.29 is 4.74 Å². The molecule has 0 radical (unpaired) electrons. The highest BCUT2D eigenvalue weighted by Gasteiger charge is 2.34. The van der Waals surface area contributed by atoms with Gasteiger partial charge in [-0.2, -0.15) is 0 Å². The molecule has 1 unspecified atom stereocenters. The largest absolute Gasteiger partial charge is 0.364 e. The van der Waals surface area contributed by atoms with Crippen LogP contribution in [0.5, 0.6) is 0 Å². The Morgan fingerprint density at radius 3 is 2.76 bits per heavy atom. The molecule has 2 heteroatoms. The average Bonchev–Trinajstić information content (AvgIpc) is 2.39. The second kappa shape index (κ2) is 5.19. The van der Waals surface area contributed by atoms with Gasteiger partial charge in [0.15, 0.2) is 0 Å². The van der Waals surface area contributed by atoms with E-state index in [0.717, 1.165) is 25.9 Å². The van der Waals surface area contributed by atoms with Crippen LogP contribution in [0, 0.1) is 6.92 Å². The Morgan fingerprint density at radius 1 is 1.35 bits per heavy atom. The molecule has 0 aromatic heterocycles. The smallest absolute Gasteiger partial charge is 0.0957 e. The van der Waals surface area contributed by atoms with E-state index in [9.17, 15) is 0 Å². The highest BCUT2D eigenvalue weighted by Crippen LogP contribution is 2.31. The molecular formula is C15H23NO. The maximum atomic E-state index is 6.35. The molecule has 1 aliphatic rings. The van der Waals surface area contributed by atoms with Crippen LogP contribution in [0.3, 0.4) is 0 Å². The summed E-state index contributed by atoms with van der Waals surface area (Å²) in [5.41, 5.74) is 2.62. The summed E-state index contributed by atoms with van der Waals surface area (Å²) < 4.78 is 6.35. The maximum Gasteiger partial charge on any atom is 0.0957 e. The molecule has 2 nitrogen and oxygen atoms in total. The van der Waals surface area contributed by atoms with E-state index in [1.54, 1.807) is 0 Å². The SMILES string of the molecule is CCC1(CC)CNCC(c2cccc(C)c2)O1. The second-order valence-corrected chi connectivity index (χ2v) is 5.04. The molecule has 1 saturated heterocycles. The zero-order valence-corrected chi connectivity index (χ0v) is 11.1. The second-order valence-electron chi connectivity index (χ2n) is 5.04. The Balaban J connectivity index is 2.17. The van der Waals surface area contributed by atoms with Gasteiger partial charge in [0.05, 0.1) is 11.7 Å². The summed E-state index contributed by atoms with van der Waals surface area (Å²) in [5, 5.41) is 3.52. The van der Waals surface area contributed by atoms with Gasteiger partial charge in [-0.05, 0) is 25.3 Å². The predicted molar refractivity (Wildman–Crippen MR) is 71.2 cm³/mol. The van der Waals surface area contributed by atoms with Crippen LogP contribution in [0.15, 0.2) is 24.3 Å². The fourth-order valence-electron chi connectivity index (χ4n) is 2.54. The van der Waals surface area contributed by atoms with E-state index >= 15 is 0 Å². The van der Waals surface area contributed by atoms with E-state index < -0.39 is 0 Å². The van der Waals surface area contributed by atoms with Crippen LogP contribution >= 0.6 is 0 Å². The van der Waals surface area contributed by atoms with Gasteiger partial charge in [0, 0.05) is 13.1 Å². The number of hydrogen-bond acceptors (Lipinski definition) is 2. The minimum atomic E-state index is 0.0205. The average molecular weight is 233 g/mol. The minimum absolute atomic E-state index is 0.0205. The molecule has 1 N–H and O–H groups in total. The normalized spacial score (nSPS) is 23.6. The van der Waals surface area contributed by atoms with Crippen LogP contribution in [0.25, 0.3) is 0 Å². The molecule has 94 valence electrons. The molecule has 2 rings (SSSR count). The molecule has 1 heterocycles. The number of benzene rings is 1. The first-order chi connectivity index (χ1) is 8.19. The van der Waals surface area contributed by atoms with Gasteiger partial charge in [-0.25, -0.2) is 0 Å². The monoisotopic (exact) mass is 233 g/mol. The van der Waals surface area contributed by atoms with E-state index in [1.807, 2.05) is 0 Å². The zero-order valence-electron chi connectivity index (χ0n) is 11.1. The van der Waals surface area contributed by atoms with Crippen molar-refractivity contribution in [1.82, 2.24) is 5.32 Å². The number of aryl methyl sites for hydroxylation is 1. The van der Waals surface area contributed by atoms with Crippen LogP contribution < -0.4 is 5.32 Å². The number of rotatable bonds is 3. The third-order valence-electron chi connectivity index (χ3n) is 3.87.